The Kier molecular flexibility index (Phi) is 5.66. The number of carbonyl (C=O) groups is 1. The lowest BCUT2D eigenvalue weighted by atomic mass is 10.1. The molecule has 0 aromatic heterocycles. The molecule has 148 valence electrons. The van der Waals surface area contributed by atoms with E-state index in [0.717, 1.165) is 29.9 Å². The Morgan fingerprint density at radius 2 is 1.52 bits per heavy atom. The lowest BCUT2D eigenvalue weighted by molar-refractivity contribution is 0.0747. The van der Waals surface area contributed by atoms with Crippen molar-refractivity contribution in [1.29, 1.82) is 0 Å². The summed E-state index contributed by atoms with van der Waals surface area (Å²) in [6.07, 6.45) is 0. The molecular weight excluding hydrogens is 362 g/mol. The number of nitrogens with zero attached hydrogens (tertiary/aromatic N) is 2. The maximum absolute atomic E-state index is 12.6. The number of carbonyl (C=O) groups excluding carboxylic acids is 1. The van der Waals surface area contributed by atoms with Crippen LogP contribution < -0.4 is 15.4 Å². The summed E-state index contributed by atoms with van der Waals surface area (Å²) in [6.45, 7) is 3.44. The molecule has 0 atom stereocenters. The Bertz CT molecular complexity index is 952. The van der Waals surface area contributed by atoms with Gasteiger partial charge in [-0.2, -0.15) is 0 Å². The van der Waals surface area contributed by atoms with Crippen LogP contribution in [0.4, 0.5) is 11.4 Å². The average Bonchev–Trinajstić information content (AvgIpc) is 2.79. The molecule has 5 heteroatoms. The van der Waals surface area contributed by atoms with Crippen LogP contribution in [-0.2, 0) is 6.61 Å². The molecule has 3 aromatic carbocycles. The van der Waals surface area contributed by atoms with Crippen LogP contribution in [0.2, 0.25) is 0 Å². The van der Waals surface area contributed by atoms with E-state index < -0.39 is 0 Å². The molecule has 0 aliphatic carbocycles. The second-order valence-electron chi connectivity index (χ2n) is 7.14. The zero-order chi connectivity index (χ0) is 20.1. The standard InChI is InChI=1S/C24H25N3O2/c25-22-17-21(11-12-23(22)29-18-19-7-3-1-4-8-19)26-13-15-27(16-14-26)24(28)20-9-5-2-6-10-20/h1-12,17H,13-16,18,25H2. The molecule has 1 aliphatic heterocycles. The topological polar surface area (TPSA) is 58.8 Å². The van der Waals surface area contributed by atoms with Crippen LogP contribution in [-0.4, -0.2) is 37.0 Å². The first-order chi connectivity index (χ1) is 14.2. The fourth-order valence-electron chi connectivity index (χ4n) is 3.53. The van der Waals surface area contributed by atoms with Gasteiger partial charge in [-0.15, -0.1) is 0 Å². The van der Waals surface area contributed by atoms with E-state index in [0.29, 0.717) is 31.1 Å². The Balaban J connectivity index is 1.35. The molecule has 0 spiro atoms. The van der Waals surface area contributed by atoms with E-state index in [1.54, 1.807) is 0 Å². The van der Waals surface area contributed by atoms with Crippen molar-refractivity contribution >= 4 is 17.3 Å². The van der Waals surface area contributed by atoms with E-state index in [9.17, 15) is 4.79 Å². The molecule has 1 fully saturated rings. The summed E-state index contributed by atoms with van der Waals surface area (Å²) in [5.41, 5.74) is 9.76. The van der Waals surface area contributed by atoms with E-state index in [1.807, 2.05) is 83.8 Å². The van der Waals surface area contributed by atoms with Gasteiger partial charge in [-0.1, -0.05) is 48.5 Å². The highest BCUT2D eigenvalue weighted by Gasteiger charge is 2.22. The summed E-state index contributed by atoms with van der Waals surface area (Å²) in [4.78, 5) is 16.8. The molecule has 4 rings (SSSR count). The molecule has 29 heavy (non-hydrogen) atoms. The summed E-state index contributed by atoms with van der Waals surface area (Å²) in [7, 11) is 0. The van der Waals surface area contributed by atoms with Crippen LogP contribution in [0, 0.1) is 0 Å². The van der Waals surface area contributed by atoms with E-state index in [-0.39, 0.29) is 5.91 Å². The molecule has 1 amide bonds. The van der Waals surface area contributed by atoms with Crippen molar-refractivity contribution in [2.24, 2.45) is 0 Å². The normalized spacial score (nSPS) is 13.9. The van der Waals surface area contributed by atoms with Gasteiger partial charge in [-0.05, 0) is 35.9 Å². The quantitative estimate of drug-likeness (QED) is 0.677. The number of hydrogen-bond donors (Lipinski definition) is 1. The third-order valence-electron chi connectivity index (χ3n) is 5.18. The molecule has 0 unspecified atom stereocenters. The summed E-state index contributed by atoms with van der Waals surface area (Å²) >= 11 is 0. The van der Waals surface area contributed by atoms with E-state index in [4.69, 9.17) is 10.5 Å². The highest BCUT2D eigenvalue weighted by atomic mass is 16.5. The largest absolute Gasteiger partial charge is 0.487 e. The summed E-state index contributed by atoms with van der Waals surface area (Å²) in [5, 5.41) is 0. The van der Waals surface area contributed by atoms with Crippen molar-refractivity contribution in [3.05, 3.63) is 90.0 Å². The van der Waals surface area contributed by atoms with Gasteiger partial charge in [0.1, 0.15) is 12.4 Å². The van der Waals surface area contributed by atoms with E-state index in [1.165, 1.54) is 0 Å². The van der Waals surface area contributed by atoms with Crippen LogP contribution in [0.1, 0.15) is 15.9 Å². The van der Waals surface area contributed by atoms with Crippen LogP contribution in [0.15, 0.2) is 78.9 Å². The summed E-state index contributed by atoms with van der Waals surface area (Å²) < 4.78 is 5.87. The van der Waals surface area contributed by atoms with Crippen molar-refractivity contribution in [3.63, 3.8) is 0 Å². The first-order valence-electron chi connectivity index (χ1n) is 9.86. The molecule has 1 heterocycles. The molecule has 1 saturated heterocycles. The number of hydrogen-bond acceptors (Lipinski definition) is 4. The first-order valence-corrected chi connectivity index (χ1v) is 9.86. The minimum absolute atomic E-state index is 0.0921. The second kappa shape index (κ2) is 8.69. The number of nitrogens with two attached hydrogens (primary N) is 1. The fraction of sp³-hybridized carbons (Fsp3) is 0.208. The molecule has 2 N–H and O–H groups in total. The minimum Gasteiger partial charge on any atom is -0.487 e. The maximum Gasteiger partial charge on any atom is 0.253 e. The molecule has 0 radical (unpaired) electrons. The smallest absolute Gasteiger partial charge is 0.253 e. The number of nitrogen functional groups attached to an aromatic ring is 1. The SMILES string of the molecule is Nc1cc(N2CCN(C(=O)c3ccccc3)CC2)ccc1OCc1ccccc1. The van der Waals surface area contributed by atoms with Gasteiger partial charge in [0.2, 0.25) is 0 Å². The Morgan fingerprint density at radius 1 is 0.862 bits per heavy atom. The van der Waals surface area contributed by atoms with Gasteiger partial charge in [-0.25, -0.2) is 0 Å². The molecule has 1 aliphatic rings. The van der Waals surface area contributed by atoms with Gasteiger partial charge < -0.3 is 20.3 Å². The predicted molar refractivity (Wildman–Crippen MR) is 116 cm³/mol. The van der Waals surface area contributed by atoms with Gasteiger partial charge in [0.05, 0.1) is 5.69 Å². The average molecular weight is 387 g/mol. The number of anilines is 2. The molecule has 0 saturated carbocycles. The number of piperazine rings is 1. The van der Waals surface area contributed by atoms with Gasteiger partial charge in [-0.3, -0.25) is 4.79 Å². The van der Waals surface area contributed by atoms with Crippen molar-refractivity contribution in [2.75, 3.05) is 36.8 Å². The van der Waals surface area contributed by atoms with Gasteiger partial charge >= 0.3 is 0 Å². The van der Waals surface area contributed by atoms with Crippen molar-refractivity contribution in [3.8, 4) is 5.75 Å². The summed E-state index contributed by atoms with van der Waals surface area (Å²) in [5.74, 6) is 0.782. The lowest BCUT2D eigenvalue weighted by Crippen LogP contribution is -2.48. The van der Waals surface area contributed by atoms with Crippen molar-refractivity contribution in [1.82, 2.24) is 4.90 Å². The van der Waals surface area contributed by atoms with Gasteiger partial charge in [0, 0.05) is 37.4 Å². The zero-order valence-electron chi connectivity index (χ0n) is 16.3. The van der Waals surface area contributed by atoms with Crippen molar-refractivity contribution < 1.29 is 9.53 Å². The molecule has 0 bridgehead atoms. The third kappa shape index (κ3) is 4.51. The predicted octanol–water partition coefficient (Wildman–Crippen LogP) is 3.81. The Labute approximate surface area is 171 Å². The molecule has 3 aromatic rings. The first kappa shape index (κ1) is 18.9. The van der Waals surface area contributed by atoms with Gasteiger partial charge in [0.15, 0.2) is 0 Å². The van der Waals surface area contributed by atoms with Crippen LogP contribution in [0.3, 0.4) is 0 Å². The highest BCUT2D eigenvalue weighted by molar-refractivity contribution is 5.94. The Hall–Kier alpha value is -3.47. The number of benzene rings is 3. The van der Waals surface area contributed by atoms with Crippen LogP contribution >= 0.6 is 0 Å². The van der Waals surface area contributed by atoms with E-state index >= 15 is 0 Å². The van der Waals surface area contributed by atoms with Crippen LogP contribution in [0.5, 0.6) is 5.75 Å². The summed E-state index contributed by atoms with van der Waals surface area (Å²) in [6, 6.07) is 25.4. The second-order valence-corrected chi connectivity index (χ2v) is 7.14. The maximum atomic E-state index is 12.6. The minimum atomic E-state index is 0.0921. The monoisotopic (exact) mass is 387 g/mol. The van der Waals surface area contributed by atoms with Gasteiger partial charge in [0.25, 0.3) is 5.91 Å². The number of ether oxygens (including phenoxy) is 1. The number of amides is 1. The lowest BCUT2D eigenvalue weighted by Gasteiger charge is -2.36. The third-order valence-corrected chi connectivity index (χ3v) is 5.18. The van der Waals surface area contributed by atoms with Crippen molar-refractivity contribution in [2.45, 2.75) is 6.61 Å². The Morgan fingerprint density at radius 3 is 2.17 bits per heavy atom. The zero-order valence-corrected chi connectivity index (χ0v) is 16.3. The van der Waals surface area contributed by atoms with Crippen LogP contribution in [0.25, 0.3) is 0 Å². The van der Waals surface area contributed by atoms with E-state index in [2.05, 4.69) is 4.90 Å². The number of rotatable bonds is 5. The highest BCUT2D eigenvalue weighted by Crippen LogP contribution is 2.28. The molecule has 5 nitrogen and oxygen atoms in total. The fourth-order valence-corrected chi connectivity index (χ4v) is 3.53. The molecular formula is C24H25N3O2.